The summed E-state index contributed by atoms with van der Waals surface area (Å²) in [6.07, 6.45) is 1.69. The van der Waals surface area contributed by atoms with Gasteiger partial charge in [0.2, 0.25) is 0 Å². The van der Waals surface area contributed by atoms with E-state index in [1.807, 2.05) is 0 Å². The van der Waals surface area contributed by atoms with Gasteiger partial charge < -0.3 is 4.74 Å². The molecule has 0 N–H and O–H groups in total. The molecule has 18 heavy (non-hydrogen) atoms. The molecule has 9 heteroatoms. The number of nitro benzene ring substituents is 2. The molecule has 96 valence electrons. The van der Waals surface area contributed by atoms with Gasteiger partial charge in [0.05, 0.1) is 15.9 Å². The molecule has 0 saturated carbocycles. The van der Waals surface area contributed by atoms with Crippen molar-refractivity contribution >= 4 is 29.1 Å². The largest absolute Gasteiger partial charge is 0.451 e. The lowest BCUT2D eigenvalue weighted by Gasteiger charge is -2.03. The Hall–Kier alpha value is -2.16. The summed E-state index contributed by atoms with van der Waals surface area (Å²) in [4.78, 5) is 31.1. The van der Waals surface area contributed by atoms with E-state index in [-0.39, 0.29) is 11.5 Å². The minimum absolute atomic E-state index is 0.0486. The number of rotatable bonds is 5. The molecule has 0 atom stereocenters. The summed E-state index contributed by atoms with van der Waals surface area (Å²) in [5.41, 5.74) is -1.40. The minimum atomic E-state index is -0.883. The number of non-ortho nitro benzene ring substituents is 1. The molecule has 0 aliphatic heterocycles. The van der Waals surface area contributed by atoms with Gasteiger partial charge in [0.15, 0.2) is 0 Å². The highest BCUT2D eigenvalue weighted by atomic mass is 32.2. The molecule has 0 aliphatic carbocycles. The fraction of sp³-hybridized carbons (Fsp3) is 0.222. The van der Waals surface area contributed by atoms with Crippen LogP contribution in [0, 0.1) is 20.2 Å². The van der Waals surface area contributed by atoms with E-state index in [1.165, 1.54) is 11.8 Å². The molecule has 0 radical (unpaired) electrons. The van der Waals surface area contributed by atoms with E-state index in [0.29, 0.717) is 0 Å². The van der Waals surface area contributed by atoms with Gasteiger partial charge in [-0.15, -0.1) is 11.8 Å². The number of benzene rings is 1. The maximum atomic E-state index is 11.5. The third-order valence-corrected chi connectivity index (χ3v) is 2.27. The zero-order valence-corrected chi connectivity index (χ0v) is 10.0. The molecule has 0 aliphatic rings. The number of ether oxygens (including phenoxy) is 1. The van der Waals surface area contributed by atoms with E-state index >= 15 is 0 Å². The van der Waals surface area contributed by atoms with Crippen LogP contribution in [0.1, 0.15) is 10.4 Å². The molecule has 8 nitrogen and oxygen atoms in total. The lowest BCUT2D eigenvalue weighted by Crippen LogP contribution is -2.08. The average molecular weight is 272 g/mol. The number of nitro groups is 2. The van der Waals surface area contributed by atoms with Gasteiger partial charge in [0.25, 0.3) is 11.4 Å². The third-order valence-electron chi connectivity index (χ3n) is 1.92. The lowest BCUT2D eigenvalue weighted by atomic mass is 10.1. The van der Waals surface area contributed by atoms with Gasteiger partial charge in [-0.3, -0.25) is 20.2 Å². The highest BCUT2D eigenvalue weighted by molar-refractivity contribution is 7.98. The molecule has 1 rings (SSSR count). The zero-order chi connectivity index (χ0) is 13.7. The summed E-state index contributed by atoms with van der Waals surface area (Å²) in [5.74, 6) is -0.835. The summed E-state index contributed by atoms with van der Waals surface area (Å²) in [6, 6.07) is 2.76. The molecular weight excluding hydrogens is 264 g/mol. The second-order valence-corrected chi connectivity index (χ2v) is 3.87. The molecule has 0 unspecified atom stereocenters. The van der Waals surface area contributed by atoms with Crippen molar-refractivity contribution in [2.45, 2.75) is 0 Å². The van der Waals surface area contributed by atoms with Crippen molar-refractivity contribution in [2.24, 2.45) is 0 Å². The summed E-state index contributed by atoms with van der Waals surface area (Å²) >= 11 is 1.23. The van der Waals surface area contributed by atoms with E-state index in [2.05, 4.69) is 0 Å². The van der Waals surface area contributed by atoms with E-state index in [1.54, 1.807) is 6.26 Å². The second kappa shape index (κ2) is 5.96. The Morgan fingerprint density at radius 1 is 1.33 bits per heavy atom. The molecule has 0 aromatic heterocycles. The maximum Gasteiger partial charge on any atom is 0.346 e. The predicted molar refractivity (Wildman–Crippen MR) is 63.5 cm³/mol. The van der Waals surface area contributed by atoms with Gasteiger partial charge >= 0.3 is 5.97 Å². The van der Waals surface area contributed by atoms with E-state index in [0.717, 1.165) is 18.2 Å². The summed E-state index contributed by atoms with van der Waals surface area (Å²) in [5, 5.41) is 21.2. The molecule has 0 amide bonds. The highest BCUT2D eigenvalue weighted by Gasteiger charge is 2.24. The summed E-state index contributed by atoms with van der Waals surface area (Å²) < 4.78 is 4.72. The van der Waals surface area contributed by atoms with Crippen molar-refractivity contribution in [1.82, 2.24) is 0 Å². The Morgan fingerprint density at radius 2 is 2.00 bits per heavy atom. The number of nitrogens with zero attached hydrogens (tertiary/aromatic N) is 2. The first kappa shape index (κ1) is 13.9. The van der Waals surface area contributed by atoms with Crippen LogP contribution in [0.15, 0.2) is 18.2 Å². The van der Waals surface area contributed by atoms with Crippen LogP contribution in [0.2, 0.25) is 0 Å². The first-order valence-corrected chi connectivity index (χ1v) is 5.95. The van der Waals surface area contributed by atoms with Crippen molar-refractivity contribution in [3.05, 3.63) is 44.0 Å². The van der Waals surface area contributed by atoms with Crippen LogP contribution in [0.4, 0.5) is 11.4 Å². The first-order valence-electron chi connectivity index (χ1n) is 4.56. The van der Waals surface area contributed by atoms with Crippen LogP contribution in [-0.4, -0.2) is 28.0 Å². The van der Waals surface area contributed by atoms with Gasteiger partial charge in [0, 0.05) is 6.07 Å². The molecule has 0 fully saturated rings. The zero-order valence-electron chi connectivity index (χ0n) is 9.19. The van der Waals surface area contributed by atoms with E-state index < -0.39 is 27.2 Å². The quantitative estimate of drug-likeness (QED) is 0.348. The normalized spacial score (nSPS) is 9.83. The molecule has 0 heterocycles. The number of carbonyl (C=O) groups excluding carboxylic acids is 1. The van der Waals surface area contributed by atoms with Crippen LogP contribution in [0.25, 0.3) is 0 Å². The minimum Gasteiger partial charge on any atom is -0.451 e. The Balaban J connectivity index is 3.15. The van der Waals surface area contributed by atoms with Gasteiger partial charge in [-0.2, -0.15) is 0 Å². The van der Waals surface area contributed by atoms with Crippen molar-refractivity contribution < 1.29 is 19.4 Å². The van der Waals surface area contributed by atoms with Crippen molar-refractivity contribution in [3.63, 3.8) is 0 Å². The standard InChI is InChI=1S/C9H8N2O6S/c1-18-5-17-9(12)7-3-2-6(10(13)14)4-8(7)11(15)16/h2-4H,5H2,1H3. The van der Waals surface area contributed by atoms with Gasteiger partial charge in [0.1, 0.15) is 11.5 Å². The number of hydrogen-bond donors (Lipinski definition) is 0. The topological polar surface area (TPSA) is 113 Å². The summed E-state index contributed by atoms with van der Waals surface area (Å²) in [6.45, 7) is 0. The molecule has 1 aromatic rings. The smallest absolute Gasteiger partial charge is 0.346 e. The van der Waals surface area contributed by atoms with Crippen LogP contribution < -0.4 is 0 Å². The monoisotopic (exact) mass is 272 g/mol. The SMILES string of the molecule is CSCOC(=O)c1ccc([N+](=O)[O-])cc1[N+](=O)[O-]. The molecule has 0 bridgehead atoms. The van der Waals surface area contributed by atoms with Crippen molar-refractivity contribution in [1.29, 1.82) is 0 Å². The van der Waals surface area contributed by atoms with Gasteiger partial charge in [-0.1, -0.05) is 0 Å². The Kier molecular flexibility index (Phi) is 4.60. The Morgan fingerprint density at radius 3 is 2.50 bits per heavy atom. The fourth-order valence-corrected chi connectivity index (χ4v) is 1.37. The lowest BCUT2D eigenvalue weighted by molar-refractivity contribution is -0.394. The molecule has 0 saturated heterocycles. The second-order valence-electron chi connectivity index (χ2n) is 3.05. The van der Waals surface area contributed by atoms with Crippen molar-refractivity contribution in [3.8, 4) is 0 Å². The number of hydrogen-bond acceptors (Lipinski definition) is 7. The fourth-order valence-electron chi connectivity index (χ4n) is 1.15. The van der Waals surface area contributed by atoms with E-state index in [4.69, 9.17) is 4.74 Å². The third kappa shape index (κ3) is 3.17. The Labute approximate surface area is 105 Å². The average Bonchev–Trinajstić information content (AvgIpc) is 2.34. The van der Waals surface area contributed by atoms with Gasteiger partial charge in [-0.05, 0) is 12.3 Å². The first-order chi connectivity index (χ1) is 8.47. The van der Waals surface area contributed by atoms with Crippen LogP contribution in [0.5, 0.6) is 0 Å². The highest BCUT2D eigenvalue weighted by Crippen LogP contribution is 2.25. The molecular formula is C9H8N2O6S. The van der Waals surface area contributed by atoms with Crippen molar-refractivity contribution in [2.75, 3.05) is 12.2 Å². The maximum absolute atomic E-state index is 11.5. The molecule has 1 aromatic carbocycles. The van der Waals surface area contributed by atoms with Gasteiger partial charge in [-0.25, -0.2) is 4.79 Å². The Bertz CT molecular complexity index is 504. The molecule has 0 spiro atoms. The summed E-state index contributed by atoms with van der Waals surface area (Å²) in [7, 11) is 0. The van der Waals surface area contributed by atoms with Crippen LogP contribution in [-0.2, 0) is 4.74 Å². The van der Waals surface area contributed by atoms with Crippen LogP contribution in [0.3, 0.4) is 0 Å². The number of thioether (sulfide) groups is 1. The number of esters is 1. The predicted octanol–water partition coefficient (Wildman–Crippen LogP) is 1.98. The number of carbonyl (C=O) groups is 1. The van der Waals surface area contributed by atoms with E-state index in [9.17, 15) is 25.0 Å². The van der Waals surface area contributed by atoms with Crippen LogP contribution >= 0.6 is 11.8 Å².